The van der Waals surface area contributed by atoms with Crippen LogP contribution < -0.4 is 15.2 Å². The summed E-state index contributed by atoms with van der Waals surface area (Å²) >= 11 is 0. The summed E-state index contributed by atoms with van der Waals surface area (Å²) in [6.45, 7) is 6.00. The van der Waals surface area contributed by atoms with Gasteiger partial charge in [-0.15, -0.1) is 0 Å². The molecule has 0 aromatic heterocycles. The summed E-state index contributed by atoms with van der Waals surface area (Å²) in [5.74, 6) is 2.27. The third kappa shape index (κ3) is 2.50. The van der Waals surface area contributed by atoms with E-state index in [2.05, 4.69) is 31.9 Å². The van der Waals surface area contributed by atoms with Crippen molar-refractivity contribution in [2.45, 2.75) is 26.3 Å². The summed E-state index contributed by atoms with van der Waals surface area (Å²) in [7, 11) is 5.57. The number of likely N-dealkylation sites (tertiary alicyclic amines) is 1. The molecule has 0 bridgehead atoms. The Morgan fingerprint density at radius 2 is 1.90 bits per heavy atom. The van der Waals surface area contributed by atoms with Gasteiger partial charge < -0.3 is 15.2 Å². The Labute approximate surface area is 121 Å². The van der Waals surface area contributed by atoms with Gasteiger partial charge in [0.25, 0.3) is 0 Å². The standard InChI is InChI=1S/C16H26N2O2/c1-10-6-13(11(2)16(20-5)15(10)19-4)14-7-12(8-17)9-18(14)3/h6,12,14H,7-9,17H2,1-5H3. The molecule has 1 aromatic carbocycles. The van der Waals surface area contributed by atoms with Gasteiger partial charge in [0.05, 0.1) is 14.2 Å². The second-order valence-electron chi connectivity index (χ2n) is 5.77. The monoisotopic (exact) mass is 278 g/mol. The first kappa shape index (κ1) is 15.1. The minimum Gasteiger partial charge on any atom is -0.493 e. The van der Waals surface area contributed by atoms with Crippen molar-refractivity contribution in [3.05, 3.63) is 22.8 Å². The molecule has 0 aliphatic carbocycles. The van der Waals surface area contributed by atoms with Crippen LogP contribution in [-0.2, 0) is 0 Å². The lowest BCUT2D eigenvalue weighted by Crippen LogP contribution is -2.21. The van der Waals surface area contributed by atoms with Crippen LogP contribution in [0.4, 0.5) is 0 Å². The fourth-order valence-corrected chi connectivity index (χ4v) is 3.37. The van der Waals surface area contributed by atoms with E-state index >= 15 is 0 Å². The number of nitrogens with zero attached hydrogens (tertiary/aromatic N) is 1. The first-order chi connectivity index (χ1) is 9.53. The maximum atomic E-state index is 5.83. The highest BCUT2D eigenvalue weighted by Crippen LogP contribution is 2.43. The van der Waals surface area contributed by atoms with Gasteiger partial charge in [0, 0.05) is 12.6 Å². The summed E-state index contributed by atoms with van der Waals surface area (Å²) in [6, 6.07) is 2.65. The molecule has 2 N–H and O–H groups in total. The third-order valence-electron chi connectivity index (χ3n) is 4.45. The van der Waals surface area contributed by atoms with Crippen LogP contribution in [-0.4, -0.2) is 39.3 Å². The van der Waals surface area contributed by atoms with Gasteiger partial charge >= 0.3 is 0 Å². The van der Waals surface area contributed by atoms with Crippen LogP contribution in [0.2, 0.25) is 0 Å². The minimum atomic E-state index is 0.419. The first-order valence-electron chi connectivity index (χ1n) is 7.15. The van der Waals surface area contributed by atoms with Crippen molar-refractivity contribution in [3.63, 3.8) is 0 Å². The van der Waals surface area contributed by atoms with Crippen molar-refractivity contribution in [3.8, 4) is 11.5 Å². The number of ether oxygens (including phenoxy) is 2. The normalized spacial score (nSPS) is 23.1. The molecule has 1 fully saturated rings. The van der Waals surface area contributed by atoms with Crippen molar-refractivity contribution < 1.29 is 9.47 Å². The maximum Gasteiger partial charge on any atom is 0.164 e. The highest BCUT2D eigenvalue weighted by atomic mass is 16.5. The molecule has 2 rings (SSSR count). The molecule has 2 unspecified atom stereocenters. The zero-order valence-corrected chi connectivity index (χ0v) is 13.2. The summed E-state index contributed by atoms with van der Waals surface area (Å²) in [5.41, 5.74) is 9.46. The number of rotatable bonds is 4. The SMILES string of the molecule is COc1c(C)cc(C2CC(CN)CN2C)c(C)c1OC. The number of aryl methyl sites for hydroxylation is 1. The molecule has 4 heteroatoms. The number of nitrogens with two attached hydrogens (primary N) is 1. The lowest BCUT2D eigenvalue weighted by molar-refractivity contribution is 0.309. The van der Waals surface area contributed by atoms with Gasteiger partial charge in [0.1, 0.15) is 0 Å². The first-order valence-corrected chi connectivity index (χ1v) is 7.15. The summed E-state index contributed by atoms with van der Waals surface area (Å²) < 4.78 is 11.0. The largest absolute Gasteiger partial charge is 0.493 e. The van der Waals surface area contributed by atoms with Crippen LogP contribution in [0.25, 0.3) is 0 Å². The molecule has 1 saturated heterocycles. The number of hydrogen-bond acceptors (Lipinski definition) is 4. The number of hydrogen-bond donors (Lipinski definition) is 1. The van der Waals surface area contributed by atoms with Crippen LogP contribution >= 0.6 is 0 Å². The topological polar surface area (TPSA) is 47.7 Å². The Bertz CT molecular complexity index is 488. The summed E-state index contributed by atoms with van der Waals surface area (Å²) in [4.78, 5) is 2.39. The highest BCUT2D eigenvalue weighted by molar-refractivity contribution is 5.55. The van der Waals surface area contributed by atoms with Gasteiger partial charge in [0.15, 0.2) is 11.5 Å². The Morgan fingerprint density at radius 1 is 1.25 bits per heavy atom. The molecule has 1 aliphatic heterocycles. The van der Waals surface area contributed by atoms with Crippen LogP contribution in [0.3, 0.4) is 0 Å². The molecule has 0 amide bonds. The van der Waals surface area contributed by atoms with Crippen LogP contribution in [0.1, 0.15) is 29.2 Å². The second-order valence-corrected chi connectivity index (χ2v) is 5.77. The molecule has 1 aliphatic rings. The Morgan fingerprint density at radius 3 is 2.40 bits per heavy atom. The fraction of sp³-hybridized carbons (Fsp3) is 0.625. The van der Waals surface area contributed by atoms with Crippen molar-refractivity contribution >= 4 is 0 Å². The lowest BCUT2D eigenvalue weighted by Gasteiger charge is -2.24. The molecule has 4 nitrogen and oxygen atoms in total. The third-order valence-corrected chi connectivity index (χ3v) is 4.45. The Balaban J connectivity index is 2.45. The number of methoxy groups -OCH3 is 2. The smallest absolute Gasteiger partial charge is 0.164 e. The molecule has 20 heavy (non-hydrogen) atoms. The summed E-state index contributed by atoms with van der Waals surface area (Å²) in [6.07, 6.45) is 1.11. The van der Waals surface area contributed by atoms with E-state index < -0.39 is 0 Å². The molecular weight excluding hydrogens is 252 g/mol. The average Bonchev–Trinajstić information content (AvgIpc) is 2.81. The molecule has 0 radical (unpaired) electrons. The van der Waals surface area contributed by atoms with E-state index in [1.54, 1.807) is 14.2 Å². The van der Waals surface area contributed by atoms with E-state index in [1.165, 1.54) is 11.1 Å². The zero-order chi connectivity index (χ0) is 14.9. The molecule has 1 heterocycles. The quantitative estimate of drug-likeness (QED) is 0.918. The Kier molecular flexibility index (Phi) is 4.55. The van der Waals surface area contributed by atoms with E-state index in [0.29, 0.717) is 12.0 Å². The van der Waals surface area contributed by atoms with Crippen LogP contribution in [0.5, 0.6) is 11.5 Å². The second kappa shape index (κ2) is 6.02. The highest BCUT2D eigenvalue weighted by Gasteiger charge is 2.32. The molecular formula is C16H26N2O2. The van der Waals surface area contributed by atoms with Gasteiger partial charge in [-0.3, -0.25) is 4.90 Å². The van der Waals surface area contributed by atoms with Gasteiger partial charge in [-0.05, 0) is 56.5 Å². The molecule has 1 aromatic rings. The van der Waals surface area contributed by atoms with Crippen molar-refractivity contribution in [2.75, 3.05) is 34.4 Å². The van der Waals surface area contributed by atoms with E-state index in [-0.39, 0.29) is 0 Å². The zero-order valence-electron chi connectivity index (χ0n) is 13.2. The predicted octanol–water partition coefficient (Wildman–Crippen LogP) is 2.27. The lowest BCUT2D eigenvalue weighted by atomic mass is 9.93. The van der Waals surface area contributed by atoms with Crippen LogP contribution in [0, 0.1) is 19.8 Å². The van der Waals surface area contributed by atoms with E-state index in [4.69, 9.17) is 15.2 Å². The van der Waals surface area contributed by atoms with Gasteiger partial charge in [0.2, 0.25) is 0 Å². The molecule has 0 spiro atoms. The van der Waals surface area contributed by atoms with E-state index in [0.717, 1.165) is 36.6 Å². The van der Waals surface area contributed by atoms with E-state index in [1.807, 2.05) is 0 Å². The Hall–Kier alpha value is -1.26. The van der Waals surface area contributed by atoms with E-state index in [9.17, 15) is 0 Å². The van der Waals surface area contributed by atoms with Crippen molar-refractivity contribution in [1.82, 2.24) is 4.90 Å². The predicted molar refractivity (Wildman–Crippen MR) is 81.6 cm³/mol. The summed E-state index contributed by atoms with van der Waals surface area (Å²) in [5, 5.41) is 0. The van der Waals surface area contributed by atoms with Crippen molar-refractivity contribution in [2.24, 2.45) is 11.7 Å². The maximum absolute atomic E-state index is 5.83. The van der Waals surface area contributed by atoms with Gasteiger partial charge in [-0.1, -0.05) is 6.07 Å². The molecule has 2 atom stereocenters. The average molecular weight is 278 g/mol. The van der Waals surface area contributed by atoms with Gasteiger partial charge in [-0.2, -0.15) is 0 Å². The molecule has 0 saturated carbocycles. The van der Waals surface area contributed by atoms with Crippen LogP contribution in [0.15, 0.2) is 6.07 Å². The fourth-order valence-electron chi connectivity index (χ4n) is 3.37. The van der Waals surface area contributed by atoms with Gasteiger partial charge in [-0.25, -0.2) is 0 Å². The minimum absolute atomic E-state index is 0.419. The van der Waals surface area contributed by atoms with Crippen molar-refractivity contribution in [1.29, 1.82) is 0 Å². The molecule has 112 valence electrons. The number of benzene rings is 1.